The molecule has 1 N–H and O–H groups in total. The Bertz CT molecular complexity index is 570. The quantitative estimate of drug-likeness (QED) is 0.665. The predicted molar refractivity (Wildman–Crippen MR) is 76.7 cm³/mol. The second-order valence-corrected chi connectivity index (χ2v) is 4.49. The van der Waals surface area contributed by atoms with Gasteiger partial charge < -0.3 is 5.32 Å². The Hall–Kier alpha value is -2.07. The molecule has 0 saturated heterocycles. The Balaban J connectivity index is 1.89. The summed E-state index contributed by atoms with van der Waals surface area (Å²) in [6.07, 6.45) is 0.781. The van der Waals surface area contributed by atoms with Gasteiger partial charge in [0, 0.05) is 18.7 Å². The molecule has 2 rings (SSSR count). The molecule has 0 spiro atoms. The van der Waals surface area contributed by atoms with Crippen LogP contribution >= 0.6 is 11.6 Å². The number of anilines is 1. The fraction of sp³-hybridized carbons (Fsp3) is 0.143. The molecule has 0 radical (unpaired) electrons. The van der Waals surface area contributed by atoms with Crippen molar-refractivity contribution in [2.75, 3.05) is 11.9 Å². The summed E-state index contributed by atoms with van der Waals surface area (Å²) in [6.45, 7) is 0.724. The van der Waals surface area contributed by atoms with Crippen LogP contribution in [0.4, 0.5) is 11.4 Å². The van der Waals surface area contributed by atoms with Crippen LogP contribution in [-0.4, -0.2) is 11.5 Å². The van der Waals surface area contributed by atoms with E-state index in [0.29, 0.717) is 5.02 Å². The minimum absolute atomic E-state index is 0.114. The van der Waals surface area contributed by atoms with Crippen LogP contribution in [0.2, 0.25) is 5.02 Å². The van der Waals surface area contributed by atoms with E-state index < -0.39 is 4.92 Å². The van der Waals surface area contributed by atoms with Gasteiger partial charge in [-0.2, -0.15) is 0 Å². The fourth-order valence-corrected chi connectivity index (χ4v) is 1.93. The molecule has 0 amide bonds. The molecule has 0 saturated carbocycles. The summed E-state index contributed by atoms with van der Waals surface area (Å²) in [4.78, 5) is 10.1. The van der Waals surface area contributed by atoms with E-state index in [1.807, 2.05) is 24.3 Å². The van der Waals surface area contributed by atoms with Crippen LogP contribution in [0.25, 0.3) is 0 Å². The number of rotatable bonds is 5. The smallest absolute Gasteiger partial charge is 0.269 e. The Morgan fingerprint density at radius 3 is 2.42 bits per heavy atom. The zero-order chi connectivity index (χ0) is 13.7. The van der Waals surface area contributed by atoms with Gasteiger partial charge in [-0.15, -0.1) is 0 Å². The van der Waals surface area contributed by atoms with Crippen molar-refractivity contribution in [1.29, 1.82) is 0 Å². The number of hydrogen-bond donors (Lipinski definition) is 1. The summed E-state index contributed by atoms with van der Waals surface area (Å²) in [5, 5.41) is 14.4. The summed E-state index contributed by atoms with van der Waals surface area (Å²) in [7, 11) is 0. The van der Waals surface area contributed by atoms with E-state index in [1.165, 1.54) is 12.1 Å². The second kappa shape index (κ2) is 6.20. The van der Waals surface area contributed by atoms with Crippen molar-refractivity contribution in [1.82, 2.24) is 0 Å². The summed E-state index contributed by atoms with van der Waals surface area (Å²) in [6, 6.07) is 14.1. The molecule has 4 nitrogen and oxygen atoms in total. The van der Waals surface area contributed by atoms with Crippen LogP contribution in [0.1, 0.15) is 5.56 Å². The molecular formula is C14H13ClN2O2. The number of halogens is 1. The lowest BCUT2D eigenvalue weighted by Crippen LogP contribution is -2.05. The summed E-state index contributed by atoms with van der Waals surface area (Å²) in [5.41, 5.74) is 2.05. The first-order valence-electron chi connectivity index (χ1n) is 5.88. The van der Waals surface area contributed by atoms with E-state index in [0.717, 1.165) is 24.2 Å². The maximum Gasteiger partial charge on any atom is 0.269 e. The largest absolute Gasteiger partial charge is 0.384 e. The molecule has 0 unspecified atom stereocenters. The lowest BCUT2D eigenvalue weighted by Gasteiger charge is -2.07. The number of nitro benzene ring substituents is 1. The molecule has 5 heteroatoms. The monoisotopic (exact) mass is 276 g/mol. The fourth-order valence-electron chi connectivity index (χ4n) is 1.73. The van der Waals surface area contributed by atoms with Gasteiger partial charge in [0.2, 0.25) is 0 Å². The first-order valence-corrected chi connectivity index (χ1v) is 6.26. The lowest BCUT2D eigenvalue weighted by atomic mass is 10.1. The third-order valence-corrected chi connectivity index (χ3v) is 3.08. The molecule has 0 aliphatic rings. The molecule has 2 aromatic carbocycles. The maximum absolute atomic E-state index is 10.5. The summed E-state index contributed by atoms with van der Waals surface area (Å²) in [5.74, 6) is 0. The lowest BCUT2D eigenvalue weighted by molar-refractivity contribution is -0.384. The van der Waals surface area contributed by atoms with E-state index in [1.54, 1.807) is 12.1 Å². The highest BCUT2D eigenvalue weighted by atomic mass is 35.5. The van der Waals surface area contributed by atoms with E-state index >= 15 is 0 Å². The summed E-state index contributed by atoms with van der Waals surface area (Å²) < 4.78 is 0. The maximum atomic E-state index is 10.5. The number of nitrogens with one attached hydrogen (secondary N) is 1. The third-order valence-electron chi connectivity index (χ3n) is 2.75. The van der Waals surface area contributed by atoms with Crippen LogP contribution in [-0.2, 0) is 6.42 Å². The topological polar surface area (TPSA) is 55.2 Å². The zero-order valence-electron chi connectivity index (χ0n) is 10.2. The van der Waals surface area contributed by atoms with Gasteiger partial charge in [-0.25, -0.2) is 0 Å². The van der Waals surface area contributed by atoms with Crippen LogP contribution < -0.4 is 5.32 Å². The van der Waals surface area contributed by atoms with Crippen molar-refractivity contribution >= 4 is 23.0 Å². The number of nitrogens with zero attached hydrogens (tertiary/aromatic N) is 1. The molecule has 0 heterocycles. The highest BCUT2D eigenvalue weighted by molar-refractivity contribution is 6.33. The van der Waals surface area contributed by atoms with E-state index in [4.69, 9.17) is 11.6 Å². The van der Waals surface area contributed by atoms with Gasteiger partial charge >= 0.3 is 0 Å². The highest BCUT2D eigenvalue weighted by Gasteiger charge is 2.04. The van der Waals surface area contributed by atoms with Crippen molar-refractivity contribution in [2.45, 2.75) is 6.42 Å². The van der Waals surface area contributed by atoms with Crippen LogP contribution in [0, 0.1) is 10.1 Å². The van der Waals surface area contributed by atoms with Gasteiger partial charge in [-0.05, 0) is 24.1 Å². The Labute approximate surface area is 116 Å². The number of non-ortho nitro benzene ring substituents is 1. The van der Waals surface area contributed by atoms with E-state index in [2.05, 4.69) is 5.32 Å². The molecule has 0 aliphatic heterocycles. The summed E-state index contributed by atoms with van der Waals surface area (Å²) >= 11 is 6.02. The average molecular weight is 277 g/mol. The number of hydrogen-bond acceptors (Lipinski definition) is 3. The highest BCUT2D eigenvalue weighted by Crippen LogP contribution is 2.20. The molecule has 0 aliphatic carbocycles. The predicted octanol–water partition coefficient (Wildman–Crippen LogP) is 3.90. The Morgan fingerprint density at radius 2 is 1.79 bits per heavy atom. The Kier molecular flexibility index (Phi) is 4.36. The molecule has 0 atom stereocenters. The molecule has 0 fully saturated rings. The van der Waals surface area contributed by atoms with Crippen molar-refractivity contribution in [3.63, 3.8) is 0 Å². The SMILES string of the molecule is O=[N+]([O-])c1ccc(CCNc2ccccc2Cl)cc1. The minimum atomic E-state index is -0.397. The molecule has 2 aromatic rings. The van der Waals surface area contributed by atoms with Gasteiger partial charge in [0.15, 0.2) is 0 Å². The van der Waals surface area contributed by atoms with Crippen LogP contribution in [0.3, 0.4) is 0 Å². The molecular weight excluding hydrogens is 264 g/mol. The van der Waals surface area contributed by atoms with Gasteiger partial charge in [0.05, 0.1) is 15.6 Å². The molecule has 19 heavy (non-hydrogen) atoms. The van der Waals surface area contributed by atoms with Crippen molar-refractivity contribution in [3.05, 3.63) is 69.2 Å². The first-order chi connectivity index (χ1) is 9.16. The van der Waals surface area contributed by atoms with Crippen molar-refractivity contribution in [2.24, 2.45) is 0 Å². The van der Waals surface area contributed by atoms with Gasteiger partial charge in [-0.3, -0.25) is 10.1 Å². The van der Waals surface area contributed by atoms with E-state index in [9.17, 15) is 10.1 Å². The van der Waals surface area contributed by atoms with Crippen molar-refractivity contribution < 1.29 is 4.92 Å². The molecule has 98 valence electrons. The molecule has 0 bridgehead atoms. The average Bonchev–Trinajstić information content (AvgIpc) is 2.41. The normalized spacial score (nSPS) is 10.2. The van der Waals surface area contributed by atoms with Gasteiger partial charge in [-0.1, -0.05) is 35.9 Å². The van der Waals surface area contributed by atoms with Gasteiger partial charge in [0.25, 0.3) is 5.69 Å². The number of nitro groups is 1. The van der Waals surface area contributed by atoms with E-state index in [-0.39, 0.29) is 5.69 Å². The number of benzene rings is 2. The van der Waals surface area contributed by atoms with Gasteiger partial charge in [0.1, 0.15) is 0 Å². The van der Waals surface area contributed by atoms with Crippen molar-refractivity contribution in [3.8, 4) is 0 Å². The first kappa shape index (κ1) is 13.4. The Morgan fingerprint density at radius 1 is 1.11 bits per heavy atom. The second-order valence-electron chi connectivity index (χ2n) is 4.08. The number of para-hydroxylation sites is 1. The standard InChI is InChI=1S/C14H13ClN2O2/c15-13-3-1-2-4-14(13)16-10-9-11-5-7-12(8-6-11)17(18)19/h1-8,16H,9-10H2. The van der Waals surface area contributed by atoms with Crippen LogP contribution in [0.15, 0.2) is 48.5 Å². The molecule has 0 aromatic heterocycles. The minimum Gasteiger partial charge on any atom is -0.384 e. The van der Waals surface area contributed by atoms with Crippen LogP contribution in [0.5, 0.6) is 0 Å². The zero-order valence-corrected chi connectivity index (χ0v) is 10.9. The third kappa shape index (κ3) is 3.69.